The molecule has 208 valence electrons. The summed E-state index contributed by atoms with van der Waals surface area (Å²) in [6.45, 7) is 5.33. The van der Waals surface area contributed by atoms with Crippen LogP contribution in [0.25, 0.3) is 0 Å². The Balaban J connectivity index is 1.67. The zero-order valence-corrected chi connectivity index (χ0v) is 21.6. The lowest BCUT2D eigenvalue weighted by Gasteiger charge is -2.43. The monoisotopic (exact) mass is 515 g/mol. The molecule has 8 atom stereocenters. The Morgan fingerprint density at radius 2 is 1.75 bits per heavy atom. The number of aliphatic carboxylic acids is 1. The van der Waals surface area contributed by atoms with Crippen molar-refractivity contribution in [3.8, 4) is 0 Å². The first-order valence-corrected chi connectivity index (χ1v) is 13.0. The number of aliphatic hydroxyl groups is 4. The van der Waals surface area contributed by atoms with E-state index in [1.54, 1.807) is 13.8 Å². The summed E-state index contributed by atoms with van der Waals surface area (Å²) in [6.07, 6.45) is 1.97. The zero-order valence-electron chi connectivity index (χ0n) is 21.6. The summed E-state index contributed by atoms with van der Waals surface area (Å²) in [5.74, 6) is -1.62. The van der Waals surface area contributed by atoms with Gasteiger partial charge < -0.3 is 44.5 Å². The van der Waals surface area contributed by atoms with Crippen LogP contribution < -0.4 is 5.11 Å². The van der Waals surface area contributed by atoms with Crippen LogP contribution in [0.5, 0.6) is 0 Å². The van der Waals surface area contributed by atoms with Crippen molar-refractivity contribution in [2.45, 2.75) is 121 Å². The van der Waals surface area contributed by atoms with Gasteiger partial charge in [0, 0.05) is 24.4 Å². The number of epoxide rings is 1. The predicted molar refractivity (Wildman–Crippen MR) is 127 cm³/mol. The molecule has 36 heavy (non-hydrogen) atoms. The molecule has 2 aliphatic rings. The van der Waals surface area contributed by atoms with Crippen LogP contribution in [0, 0.1) is 5.92 Å². The van der Waals surface area contributed by atoms with E-state index in [9.17, 15) is 35.1 Å². The number of carboxylic acids is 1. The molecule has 0 aromatic rings. The van der Waals surface area contributed by atoms with Crippen LogP contribution in [0.4, 0.5) is 0 Å². The van der Waals surface area contributed by atoms with Gasteiger partial charge in [0.15, 0.2) is 0 Å². The minimum absolute atomic E-state index is 0.0840. The number of esters is 1. The first kappa shape index (κ1) is 30.7. The number of ether oxygens (including phenoxy) is 3. The number of rotatable bonds is 16. The van der Waals surface area contributed by atoms with E-state index in [4.69, 9.17) is 14.2 Å². The van der Waals surface area contributed by atoms with Crippen molar-refractivity contribution >= 4 is 11.9 Å². The van der Waals surface area contributed by atoms with Crippen LogP contribution in [0.1, 0.15) is 78.6 Å². The van der Waals surface area contributed by atoms with E-state index < -0.39 is 42.0 Å². The molecule has 2 rings (SSSR count). The molecule has 0 saturated carbocycles. The van der Waals surface area contributed by atoms with Gasteiger partial charge in [-0.2, -0.15) is 0 Å². The van der Waals surface area contributed by atoms with E-state index in [0.29, 0.717) is 12.0 Å². The number of carboxylic acid groups (broad SMARTS) is 1. The SMILES string of the molecule is C/C(=C\C(=O)OCCCCCCCCC(=O)[O-])C[C@@H]1OC[C@](O)(CC2OC2[C@@H](C)[C@H](C)O)[C@@H](O)[C@H]1O. The number of carbonyl (C=O) groups excluding carboxylic acids is 2. The molecule has 4 N–H and O–H groups in total. The molecule has 0 aliphatic carbocycles. The van der Waals surface area contributed by atoms with E-state index in [2.05, 4.69) is 0 Å². The molecular formula is C26H43O10-. The molecule has 0 spiro atoms. The summed E-state index contributed by atoms with van der Waals surface area (Å²) in [6, 6.07) is 0. The average molecular weight is 516 g/mol. The van der Waals surface area contributed by atoms with Gasteiger partial charge in [-0.3, -0.25) is 0 Å². The third-order valence-electron chi connectivity index (χ3n) is 7.16. The molecular weight excluding hydrogens is 472 g/mol. The number of hydrogen-bond donors (Lipinski definition) is 4. The Morgan fingerprint density at radius 3 is 2.39 bits per heavy atom. The zero-order chi connectivity index (χ0) is 26.9. The maximum absolute atomic E-state index is 12.1. The highest BCUT2D eigenvalue weighted by molar-refractivity contribution is 5.82. The molecule has 10 heteroatoms. The molecule has 10 nitrogen and oxygen atoms in total. The third kappa shape index (κ3) is 9.72. The van der Waals surface area contributed by atoms with E-state index >= 15 is 0 Å². The van der Waals surface area contributed by atoms with Crippen LogP contribution in [0.3, 0.4) is 0 Å². The molecule has 2 heterocycles. The maximum Gasteiger partial charge on any atom is 0.330 e. The second kappa shape index (κ2) is 14.4. The molecule has 0 amide bonds. The summed E-state index contributed by atoms with van der Waals surface area (Å²) < 4.78 is 16.4. The van der Waals surface area contributed by atoms with Crippen molar-refractivity contribution in [2.24, 2.45) is 5.92 Å². The van der Waals surface area contributed by atoms with E-state index in [1.165, 1.54) is 6.08 Å². The Kier molecular flexibility index (Phi) is 12.3. The second-order valence-electron chi connectivity index (χ2n) is 10.4. The molecule has 0 aromatic carbocycles. The highest BCUT2D eigenvalue weighted by Crippen LogP contribution is 2.40. The lowest BCUT2D eigenvalue weighted by atomic mass is 9.82. The lowest BCUT2D eigenvalue weighted by molar-refractivity contribution is -0.305. The summed E-state index contributed by atoms with van der Waals surface area (Å²) in [7, 11) is 0. The molecule has 0 radical (unpaired) electrons. The van der Waals surface area contributed by atoms with Crippen LogP contribution in [-0.4, -0.2) is 87.8 Å². The third-order valence-corrected chi connectivity index (χ3v) is 7.16. The van der Waals surface area contributed by atoms with Crippen molar-refractivity contribution in [3.63, 3.8) is 0 Å². The number of aliphatic hydroxyl groups excluding tert-OH is 3. The van der Waals surface area contributed by atoms with Crippen LogP contribution in [0.15, 0.2) is 11.6 Å². The van der Waals surface area contributed by atoms with Crippen LogP contribution in [0.2, 0.25) is 0 Å². The van der Waals surface area contributed by atoms with Crippen LogP contribution in [-0.2, 0) is 23.8 Å². The lowest BCUT2D eigenvalue weighted by Crippen LogP contribution is -2.61. The van der Waals surface area contributed by atoms with Gasteiger partial charge >= 0.3 is 5.97 Å². The first-order valence-electron chi connectivity index (χ1n) is 13.0. The van der Waals surface area contributed by atoms with Crippen molar-refractivity contribution < 1.29 is 49.3 Å². The largest absolute Gasteiger partial charge is 0.550 e. The van der Waals surface area contributed by atoms with Crippen LogP contribution >= 0.6 is 0 Å². The summed E-state index contributed by atoms with van der Waals surface area (Å²) in [5.41, 5.74) is -1.05. The Bertz CT molecular complexity index is 738. The van der Waals surface area contributed by atoms with Gasteiger partial charge in [-0.15, -0.1) is 0 Å². The maximum atomic E-state index is 12.1. The summed E-state index contributed by atoms with van der Waals surface area (Å²) in [5, 5.41) is 52.1. The van der Waals surface area contributed by atoms with E-state index in [-0.39, 0.29) is 50.6 Å². The molecule has 0 bridgehead atoms. The van der Waals surface area contributed by atoms with Gasteiger partial charge in [-0.05, 0) is 39.5 Å². The number of carbonyl (C=O) groups is 2. The molecule has 2 unspecified atom stereocenters. The van der Waals surface area contributed by atoms with Crippen molar-refractivity contribution in [2.75, 3.05) is 13.2 Å². The molecule has 0 aromatic heterocycles. The van der Waals surface area contributed by atoms with Gasteiger partial charge in [-0.25, -0.2) is 4.79 Å². The van der Waals surface area contributed by atoms with Crippen molar-refractivity contribution in [1.82, 2.24) is 0 Å². The Morgan fingerprint density at radius 1 is 1.11 bits per heavy atom. The standard InChI is InChI=1S/C26H44O10/c1-16(13-22(30)34-11-9-7-5-4-6-8-10-21(28)29)12-19-23(31)25(32)26(33,15-35-19)14-20-24(36-20)17(2)18(3)27/h13,17-20,23-25,27,31-33H,4-12,14-15H2,1-3H3,(H,28,29)/p-1/b16-13+/t17-,18-,19-,20?,23-,24?,25-,26+/m0/s1. The summed E-state index contributed by atoms with van der Waals surface area (Å²) >= 11 is 0. The van der Waals surface area contributed by atoms with Crippen molar-refractivity contribution in [3.05, 3.63) is 11.6 Å². The molecule has 2 aliphatic heterocycles. The number of unbranched alkanes of at least 4 members (excludes halogenated alkanes) is 5. The fourth-order valence-corrected chi connectivity index (χ4v) is 4.59. The topological polar surface area (TPSA) is 169 Å². The smallest absolute Gasteiger partial charge is 0.330 e. The minimum atomic E-state index is -1.67. The Hall–Kier alpha value is -1.56. The summed E-state index contributed by atoms with van der Waals surface area (Å²) in [4.78, 5) is 22.4. The van der Waals surface area contributed by atoms with E-state index in [0.717, 1.165) is 32.1 Å². The molecule has 2 fully saturated rings. The van der Waals surface area contributed by atoms with Gasteiger partial charge in [0.05, 0.1) is 37.6 Å². The fourth-order valence-electron chi connectivity index (χ4n) is 4.59. The quantitative estimate of drug-likeness (QED) is 0.0975. The fraction of sp³-hybridized carbons (Fsp3) is 0.846. The molecule has 2 saturated heterocycles. The Labute approximate surface area is 213 Å². The number of hydrogen-bond acceptors (Lipinski definition) is 10. The average Bonchev–Trinajstić information content (AvgIpc) is 3.56. The van der Waals surface area contributed by atoms with Crippen molar-refractivity contribution in [1.29, 1.82) is 0 Å². The second-order valence-corrected chi connectivity index (χ2v) is 10.4. The minimum Gasteiger partial charge on any atom is -0.550 e. The van der Waals surface area contributed by atoms with Gasteiger partial charge in [0.2, 0.25) is 0 Å². The first-order chi connectivity index (χ1) is 16.9. The highest BCUT2D eigenvalue weighted by Gasteiger charge is 2.54. The highest BCUT2D eigenvalue weighted by atomic mass is 16.6. The van der Waals surface area contributed by atoms with Gasteiger partial charge in [0.1, 0.15) is 17.8 Å². The van der Waals surface area contributed by atoms with Gasteiger partial charge in [0.25, 0.3) is 0 Å². The van der Waals surface area contributed by atoms with Gasteiger partial charge in [-0.1, -0.05) is 38.2 Å². The normalized spacial score (nSPS) is 32.1. The predicted octanol–water partition coefficient (Wildman–Crippen LogP) is 0.373. The van der Waals surface area contributed by atoms with E-state index in [1.807, 2.05) is 6.92 Å².